The average molecular weight is 1120 g/mol. The van der Waals surface area contributed by atoms with Gasteiger partial charge in [0.2, 0.25) is 0 Å². The zero-order valence-corrected chi connectivity index (χ0v) is 52.5. The molecule has 1 atom stereocenters. The maximum absolute atomic E-state index is 12.9. The van der Waals surface area contributed by atoms with E-state index in [9.17, 15) is 14.4 Å². The highest BCUT2D eigenvalue weighted by molar-refractivity contribution is 5.71. The number of unbranched alkanes of at least 4 members (excludes halogenated alkanes) is 24. The van der Waals surface area contributed by atoms with E-state index in [1.807, 2.05) is 0 Å². The third-order valence-corrected chi connectivity index (χ3v) is 13.8. The van der Waals surface area contributed by atoms with Crippen LogP contribution in [0.15, 0.2) is 146 Å². The Labute approximate surface area is 499 Å². The number of hydrogen-bond donors (Lipinski definition) is 0. The number of hydrogen-bond acceptors (Lipinski definition) is 6. The minimum atomic E-state index is -0.804. The normalized spacial score (nSPS) is 13.1. The fraction of sp³-hybridized carbons (Fsp3) is 0.640. The molecule has 0 amide bonds. The van der Waals surface area contributed by atoms with Gasteiger partial charge in [-0.1, -0.05) is 269 Å². The summed E-state index contributed by atoms with van der Waals surface area (Å²) in [6, 6.07) is 0. The molecule has 1 unspecified atom stereocenters. The third-order valence-electron chi connectivity index (χ3n) is 13.8. The molecule has 0 fully saturated rings. The lowest BCUT2D eigenvalue weighted by molar-refractivity contribution is -0.167. The Kier molecular flexibility index (Phi) is 63.9. The van der Waals surface area contributed by atoms with E-state index in [4.69, 9.17) is 14.2 Å². The van der Waals surface area contributed by atoms with Gasteiger partial charge >= 0.3 is 17.9 Å². The highest BCUT2D eigenvalue weighted by Crippen LogP contribution is 2.15. The maximum atomic E-state index is 12.9. The Hall–Kier alpha value is -4.71. The van der Waals surface area contributed by atoms with Crippen molar-refractivity contribution in [3.05, 3.63) is 146 Å². The van der Waals surface area contributed by atoms with Crippen LogP contribution in [0.4, 0.5) is 0 Å². The quantitative estimate of drug-likeness (QED) is 0.0261. The molecular formula is C75H122O6. The first-order valence-corrected chi connectivity index (χ1v) is 33.3. The first-order valence-electron chi connectivity index (χ1n) is 33.3. The van der Waals surface area contributed by atoms with Crippen LogP contribution >= 0.6 is 0 Å². The van der Waals surface area contributed by atoms with E-state index in [-0.39, 0.29) is 31.1 Å². The van der Waals surface area contributed by atoms with Crippen molar-refractivity contribution in [2.45, 2.75) is 297 Å². The zero-order chi connectivity index (χ0) is 58.5. The van der Waals surface area contributed by atoms with Crippen molar-refractivity contribution in [1.29, 1.82) is 0 Å². The van der Waals surface area contributed by atoms with Gasteiger partial charge in [0.25, 0.3) is 0 Å². The zero-order valence-electron chi connectivity index (χ0n) is 52.5. The van der Waals surface area contributed by atoms with Gasteiger partial charge in [0, 0.05) is 19.3 Å². The molecule has 81 heavy (non-hydrogen) atoms. The monoisotopic (exact) mass is 1120 g/mol. The van der Waals surface area contributed by atoms with Crippen LogP contribution in [0.5, 0.6) is 0 Å². The van der Waals surface area contributed by atoms with Gasteiger partial charge in [-0.2, -0.15) is 0 Å². The number of ether oxygens (including phenoxy) is 3. The van der Waals surface area contributed by atoms with Crippen LogP contribution in [-0.4, -0.2) is 37.2 Å². The lowest BCUT2D eigenvalue weighted by Crippen LogP contribution is -2.30. The summed E-state index contributed by atoms with van der Waals surface area (Å²) < 4.78 is 16.9. The van der Waals surface area contributed by atoms with E-state index in [0.29, 0.717) is 19.3 Å². The summed E-state index contributed by atoms with van der Waals surface area (Å²) in [6.07, 6.45) is 97.0. The molecule has 0 saturated heterocycles. The smallest absolute Gasteiger partial charge is 0.306 e. The van der Waals surface area contributed by atoms with E-state index < -0.39 is 6.10 Å². The first-order chi connectivity index (χ1) is 40.0. The van der Waals surface area contributed by atoms with Crippen LogP contribution < -0.4 is 0 Å². The van der Waals surface area contributed by atoms with Gasteiger partial charge in [0.1, 0.15) is 13.2 Å². The summed E-state index contributed by atoms with van der Waals surface area (Å²) in [4.78, 5) is 38.4. The summed E-state index contributed by atoms with van der Waals surface area (Å²) in [6.45, 7) is 6.45. The first kappa shape index (κ1) is 76.3. The van der Waals surface area contributed by atoms with Crippen LogP contribution in [-0.2, 0) is 28.6 Å². The fourth-order valence-electron chi connectivity index (χ4n) is 8.81. The summed E-state index contributed by atoms with van der Waals surface area (Å²) in [5.74, 6) is -0.937. The number of rotatable bonds is 59. The van der Waals surface area contributed by atoms with Crippen molar-refractivity contribution in [3.8, 4) is 0 Å². The average Bonchev–Trinajstić information content (AvgIpc) is 3.47. The molecule has 458 valence electrons. The summed E-state index contributed by atoms with van der Waals surface area (Å²) in [5, 5.41) is 0. The summed E-state index contributed by atoms with van der Waals surface area (Å²) >= 11 is 0. The topological polar surface area (TPSA) is 78.9 Å². The molecule has 0 aliphatic carbocycles. The van der Waals surface area contributed by atoms with E-state index in [2.05, 4.69) is 167 Å². The van der Waals surface area contributed by atoms with Gasteiger partial charge in [-0.25, -0.2) is 0 Å². The Morgan fingerprint density at radius 3 is 0.753 bits per heavy atom. The van der Waals surface area contributed by atoms with Gasteiger partial charge in [-0.15, -0.1) is 0 Å². The minimum absolute atomic E-state index is 0.0979. The summed E-state index contributed by atoms with van der Waals surface area (Å²) in [7, 11) is 0. The number of esters is 3. The van der Waals surface area contributed by atoms with Crippen molar-refractivity contribution in [1.82, 2.24) is 0 Å². The lowest BCUT2D eigenvalue weighted by Gasteiger charge is -2.18. The Bertz CT molecular complexity index is 1760. The molecule has 0 aliphatic heterocycles. The standard InChI is InChI=1S/C75H122O6/c1-4-7-10-13-16-19-22-25-28-31-32-33-34-35-36-37-38-39-40-41-42-45-47-50-53-56-59-62-65-68-74(77)80-71-72(81-75(78)69-66-63-60-57-54-51-48-44-30-27-24-21-18-15-12-9-6-3)70-79-73(76)67-64-61-58-55-52-49-46-43-29-26-23-20-17-14-11-8-5-2/h7,10,16-21,25-30,32-33,35-36,38-39,41-42,47,50,72H,4-6,8-9,11-15,22-24,31,34,37,40,43-46,48-49,51-71H2,1-3H3/b10-7-,19-16-,20-17-,21-18-,28-25-,29-26-,30-27-,33-32-,36-35-,39-38-,42-41-,50-47-. The second-order valence-corrected chi connectivity index (χ2v) is 21.6. The van der Waals surface area contributed by atoms with Gasteiger partial charge in [-0.05, 0) is 148 Å². The summed E-state index contributed by atoms with van der Waals surface area (Å²) in [5.41, 5.74) is 0. The Morgan fingerprint density at radius 2 is 0.481 bits per heavy atom. The van der Waals surface area contributed by atoms with Crippen molar-refractivity contribution in [2.24, 2.45) is 0 Å². The van der Waals surface area contributed by atoms with Crippen LogP contribution in [0.3, 0.4) is 0 Å². The van der Waals surface area contributed by atoms with Gasteiger partial charge in [-0.3, -0.25) is 14.4 Å². The van der Waals surface area contributed by atoms with E-state index in [1.54, 1.807) is 0 Å². The number of carbonyl (C=O) groups is 3. The van der Waals surface area contributed by atoms with E-state index >= 15 is 0 Å². The molecule has 0 radical (unpaired) electrons. The van der Waals surface area contributed by atoms with Crippen LogP contribution in [0.1, 0.15) is 290 Å². The molecule has 0 heterocycles. The van der Waals surface area contributed by atoms with Crippen molar-refractivity contribution in [3.63, 3.8) is 0 Å². The van der Waals surface area contributed by atoms with Gasteiger partial charge in [0.05, 0.1) is 0 Å². The molecular weight excluding hydrogens is 997 g/mol. The van der Waals surface area contributed by atoms with Crippen molar-refractivity contribution in [2.75, 3.05) is 13.2 Å². The van der Waals surface area contributed by atoms with Crippen molar-refractivity contribution >= 4 is 17.9 Å². The molecule has 0 bridgehead atoms. The number of allylic oxidation sites excluding steroid dienone is 24. The fourth-order valence-corrected chi connectivity index (χ4v) is 8.81. The Morgan fingerprint density at radius 1 is 0.259 bits per heavy atom. The third kappa shape index (κ3) is 66.0. The highest BCUT2D eigenvalue weighted by Gasteiger charge is 2.19. The Balaban J connectivity index is 4.44. The van der Waals surface area contributed by atoms with E-state index in [1.165, 1.54) is 103 Å². The van der Waals surface area contributed by atoms with Crippen LogP contribution in [0, 0.1) is 0 Å². The lowest BCUT2D eigenvalue weighted by atomic mass is 10.1. The SMILES string of the molecule is CC/C=C\C/C=C\C/C=C\C/C=C\C/C=C\C/C=C\C/C=C\C/C=C\CCCCCCC(=O)OCC(COC(=O)CCCCCCCCC/C=C\C/C=C\CCCCC)OC(=O)CCCCCCCCC/C=C\C/C=C\CCCCC. The second-order valence-electron chi connectivity index (χ2n) is 21.6. The van der Waals surface area contributed by atoms with E-state index in [0.717, 1.165) is 148 Å². The molecule has 0 saturated carbocycles. The van der Waals surface area contributed by atoms with Crippen LogP contribution in [0.25, 0.3) is 0 Å². The largest absolute Gasteiger partial charge is 0.462 e. The molecule has 6 heteroatoms. The molecule has 6 nitrogen and oxygen atoms in total. The van der Waals surface area contributed by atoms with Crippen LogP contribution in [0.2, 0.25) is 0 Å². The van der Waals surface area contributed by atoms with Gasteiger partial charge in [0.15, 0.2) is 6.10 Å². The molecule has 0 N–H and O–H groups in total. The predicted molar refractivity (Wildman–Crippen MR) is 352 cm³/mol. The van der Waals surface area contributed by atoms with Gasteiger partial charge < -0.3 is 14.2 Å². The molecule has 0 aromatic carbocycles. The molecule has 0 aromatic rings. The molecule has 0 spiro atoms. The highest BCUT2D eigenvalue weighted by atomic mass is 16.6. The molecule has 0 rings (SSSR count). The predicted octanol–water partition coefficient (Wildman–Crippen LogP) is 23.1. The second kappa shape index (κ2) is 67.8. The number of carbonyl (C=O) groups excluding carboxylic acids is 3. The minimum Gasteiger partial charge on any atom is -0.462 e. The maximum Gasteiger partial charge on any atom is 0.306 e. The molecule has 0 aromatic heterocycles. The van der Waals surface area contributed by atoms with Crippen molar-refractivity contribution < 1.29 is 28.6 Å². The molecule has 0 aliphatic rings.